The Kier molecular flexibility index (Phi) is 19.2. The smallest absolute Gasteiger partial charge is 0.242 e. The van der Waals surface area contributed by atoms with Crippen molar-refractivity contribution in [3.05, 3.63) is 89.7 Å². The maximum atomic E-state index is 14.1. The zero-order valence-corrected chi connectivity index (χ0v) is 30.0. The number of hydrogen-bond donors (Lipinski definition) is 0. The van der Waals surface area contributed by atoms with Crippen LogP contribution in [-0.2, 0) is 34.0 Å². The van der Waals surface area contributed by atoms with Crippen LogP contribution in [0.3, 0.4) is 0 Å². The predicted molar refractivity (Wildman–Crippen MR) is 196 cm³/mol. The SMILES string of the molecule is CCCCCCCCCCCCCC(=O)N(CCCOCC)CC(=O)N(Cc1ccccc1)Cc1cccn1Cc1cccc(OC)c1. The van der Waals surface area contributed by atoms with Crippen LogP contribution in [0, 0.1) is 0 Å². The van der Waals surface area contributed by atoms with Gasteiger partial charge in [0.05, 0.1) is 20.2 Å². The van der Waals surface area contributed by atoms with Crippen LogP contribution in [0.5, 0.6) is 5.75 Å². The van der Waals surface area contributed by atoms with E-state index in [-0.39, 0.29) is 18.4 Å². The summed E-state index contributed by atoms with van der Waals surface area (Å²) >= 11 is 0. The number of methoxy groups -OCH3 is 1. The van der Waals surface area contributed by atoms with Gasteiger partial charge in [-0.1, -0.05) is 114 Å². The number of amides is 2. The molecule has 0 saturated carbocycles. The van der Waals surface area contributed by atoms with Gasteiger partial charge in [-0.3, -0.25) is 9.59 Å². The van der Waals surface area contributed by atoms with Crippen LogP contribution in [-0.4, -0.2) is 59.6 Å². The van der Waals surface area contributed by atoms with Gasteiger partial charge >= 0.3 is 0 Å². The summed E-state index contributed by atoms with van der Waals surface area (Å²) in [4.78, 5) is 31.2. The van der Waals surface area contributed by atoms with Crippen LogP contribution in [0.4, 0.5) is 0 Å². The summed E-state index contributed by atoms with van der Waals surface area (Å²) in [5.74, 6) is 0.845. The summed E-state index contributed by atoms with van der Waals surface area (Å²) in [5, 5.41) is 0. The Hall–Kier alpha value is -3.58. The normalized spacial score (nSPS) is 11.1. The van der Waals surface area contributed by atoms with E-state index in [9.17, 15) is 9.59 Å². The van der Waals surface area contributed by atoms with Gasteiger partial charge in [0, 0.05) is 51.2 Å². The molecule has 0 unspecified atom stereocenters. The van der Waals surface area contributed by atoms with Crippen molar-refractivity contribution < 1.29 is 19.1 Å². The van der Waals surface area contributed by atoms with E-state index in [0.29, 0.717) is 52.2 Å². The molecule has 2 amide bonds. The third kappa shape index (κ3) is 15.1. The molecule has 2 aromatic carbocycles. The molecular formula is C41H61N3O4. The third-order valence-corrected chi connectivity index (χ3v) is 8.93. The average Bonchev–Trinajstić information content (AvgIpc) is 3.54. The van der Waals surface area contributed by atoms with E-state index >= 15 is 0 Å². The van der Waals surface area contributed by atoms with Crippen LogP contribution in [0.15, 0.2) is 72.9 Å². The van der Waals surface area contributed by atoms with E-state index in [1.807, 2.05) is 66.4 Å². The number of benzene rings is 2. The standard InChI is InChI=1S/C41H61N3O4/c1-4-6-7-8-9-10-11-12-13-14-18-27-40(45)43(29-21-30-48-5-2)35-41(46)44(32-36-22-16-15-17-23-36)34-38-25-20-28-42(38)33-37-24-19-26-39(31-37)47-3/h15-17,19-20,22-26,28,31H,4-14,18,21,27,29-30,32-35H2,1-3H3. The van der Waals surface area contributed by atoms with Gasteiger partial charge in [-0.05, 0) is 55.2 Å². The molecule has 3 rings (SSSR count). The second-order valence-corrected chi connectivity index (χ2v) is 12.9. The molecule has 0 N–H and O–H groups in total. The van der Waals surface area contributed by atoms with E-state index in [1.54, 1.807) is 12.0 Å². The zero-order valence-electron chi connectivity index (χ0n) is 30.0. The molecule has 0 aliphatic heterocycles. The molecule has 0 spiro atoms. The van der Waals surface area contributed by atoms with Gasteiger partial charge in [-0.25, -0.2) is 0 Å². The van der Waals surface area contributed by atoms with Crippen molar-refractivity contribution in [1.29, 1.82) is 0 Å². The number of unbranched alkanes of at least 4 members (excludes halogenated alkanes) is 10. The highest BCUT2D eigenvalue weighted by Crippen LogP contribution is 2.18. The van der Waals surface area contributed by atoms with Gasteiger partial charge in [0.25, 0.3) is 0 Å². The number of carbonyl (C=O) groups excluding carboxylic acids is 2. The quantitative estimate of drug-likeness (QED) is 0.0807. The first-order chi connectivity index (χ1) is 23.5. The molecule has 0 saturated heterocycles. The number of hydrogen-bond acceptors (Lipinski definition) is 4. The summed E-state index contributed by atoms with van der Waals surface area (Å²) in [7, 11) is 1.68. The maximum Gasteiger partial charge on any atom is 0.242 e. The maximum absolute atomic E-state index is 14.1. The number of rotatable bonds is 26. The molecular weight excluding hydrogens is 598 g/mol. The largest absolute Gasteiger partial charge is 0.497 e. The summed E-state index contributed by atoms with van der Waals surface area (Å²) in [6.45, 7) is 7.66. The van der Waals surface area contributed by atoms with E-state index in [1.165, 1.54) is 57.8 Å². The number of aromatic nitrogens is 1. The molecule has 7 heteroatoms. The Morgan fingerprint density at radius 2 is 1.38 bits per heavy atom. The topological polar surface area (TPSA) is 64.0 Å². The fraction of sp³-hybridized carbons (Fsp3) is 0.561. The van der Waals surface area contributed by atoms with Crippen molar-refractivity contribution in [2.45, 2.75) is 117 Å². The van der Waals surface area contributed by atoms with E-state index in [2.05, 4.69) is 29.8 Å². The summed E-state index contributed by atoms with van der Waals surface area (Å²) in [5.41, 5.74) is 3.23. The molecule has 1 aromatic heterocycles. The van der Waals surface area contributed by atoms with E-state index in [4.69, 9.17) is 9.47 Å². The van der Waals surface area contributed by atoms with E-state index in [0.717, 1.165) is 35.4 Å². The third-order valence-electron chi connectivity index (χ3n) is 8.93. The minimum atomic E-state index is -0.0447. The predicted octanol–water partition coefficient (Wildman–Crippen LogP) is 9.03. The lowest BCUT2D eigenvalue weighted by Gasteiger charge is -2.28. The highest BCUT2D eigenvalue weighted by Gasteiger charge is 2.22. The fourth-order valence-corrected chi connectivity index (χ4v) is 6.10. The molecule has 0 atom stereocenters. The number of ether oxygens (including phenoxy) is 2. The van der Waals surface area contributed by atoms with Crippen molar-refractivity contribution in [2.24, 2.45) is 0 Å². The first kappa shape index (κ1) is 38.9. The van der Waals surface area contributed by atoms with Crippen LogP contribution in [0.1, 0.15) is 114 Å². The van der Waals surface area contributed by atoms with Crippen LogP contribution in [0.2, 0.25) is 0 Å². The van der Waals surface area contributed by atoms with Gasteiger partial charge in [-0.15, -0.1) is 0 Å². The minimum absolute atomic E-state index is 0.0447. The van der Waals surface area contributed by atoms with Gasteiger partial charge in [0.2, 0.25) is 11.8 Å². The summed E-state index contributed by atoms with van der Waals surface area (Å²) < 4.78 is 13.2. The molecule has 7 nitrogen and oxygen atoms in total. The summed E-state index contributed by atoms with van der Waals surface area (Å²) in [6.07, 6.45) is 16.9. The molecule has 0 bridgehead atoms. The van der Waals surface area contributed by atoms with Crippen molar-refractivity contribution >= 4 is 11.8 Å². The second kappa shape index (κ2) is 23.7. The van der Waals surface area contributed by atoms with Crippen molar-refractivity contribution in [3.63, 3.8) is 0 Å². The summed E-state index contributed by atoms with van der Waals surface area (Å²) in [6, 6.07) is 22.2. The second-order valence-electron chi connectivity index (χ2n) is 12.9. The Bertz CT molecular complexity index is 1290. The molecule has 264 valence electrons. The zero-order chi connectivity index (χ0) is 34.2. The Morgan fingerprint density at radius 3 is 2.06 bits per heavy atom. The first-order valence-corrected chi connectivity index (χ1v) is 18.5. The minimum Gasteiger partial charge on any atom is -0.497 e. The van der Waals surface area contributed by atoms with Crippen LogP contribution >= 0.6 is 0 Å². The average molecular weight is 660 g/mol. The highest BCUT2D eigenvalue weighted by atomic mass is 16.5. The van der Waals surface area contributed by atoms with E-state index < -0.39 is 0 Å². The van der Waals surface area contributed by atoms with Crippen molar-refractivity contribution in [1.82, 2.24) is 14.4 Å². The molecule has 48 heavy (non-hydrogen) atoms. The molecule has 0 radical (unpaired) electrons. The number of carbonyl (C=O) groups is 2. The Labute approximate surface area is 290 Å². The van der Waals surface area contributed by atoms with Crippen molar-refractivity contribution in [3.8, 4) is 5.75 Å². The number of nitrogens with zero attached hydrogens (tertiary/aromatic N) is 3. The monoisotopic (exact) mass is 659 g/mol. The van der Waals surface area contributed by atoms with Crippen LogP contribution in [0.25, 0.3) is 0 Å². The highest BCUT2D eigenvalue weighted by molar-refractivity contribution is 5.84. The van der Waals surface area contributed by atoms with Crippen molar-refractivity contribution in [2.75, 3.05) is 33.4 Å². The lowest BCUT2D eigenvalue weighted by atomic mass is 10.1. The van der Waals surface area contributed by atoms with Gasteiger partial charge in [0.15, 0.2) is 0 Å². The van der Waals surface area contributed by atoms with Gasteiger partial charge in [0.1, 0.15) is 5.75 Å². The Morgan fingerprint density at radius 1 is 0.688 bits per heavy atom. The first-order valence-electron chi connectivity index (χ1n) is 18.5. The fourth-order valence-electron chi connectivity index (χ4n) is 6.10. The Balaban J connectivity index is 1.61. The van der Waals surface area contributed by atoms with Gasteiger partial charge in [-0.2, -0.15) is 0 Å². The van der Waals surface area contributed by atoms with Gasteiger partial charge < -0.3 is 23.8 Å². The molecule has 3 aromatic rings. The molecule has 0 aliphatic carbocycles. The molecule has 0 fully saturated rings. The lowest BCUT2D eigenvalue weighted by Crippen LogP contribution is -2.43. The van der Waals surface area contributed by atoms with Crippen LogP contribution < -0.4 is 4.74 Å². The molecule has 1 heterocycles. The molecule has 0 aliphatic rings. The lowest BCUT2D eigenvalue weighted by molar-refractivity contribution is -0.141.